The van der Waals surface area contributed by atoms with E-state index in [1.54, 1.807) is 0 Å². The summed E-state index contributed by atoms with van der Waals surface area (Å²) in [5, 5.41) is 4.77. The summed E-state index contributed by atoms with van der Waals surface area (Å²) in [6.07, 6.45) is 13.9. The standard InChI is InChI=1S/C15H29NS/c1-12-7-9-13(10-8-12)11-16-14-5-3-4-6-15(14)17-2/h12-16H,3-11H2,1-2H3. The van der Waals surface area contributed by atoms with E-state index in [-0.39, 0.29) is 0 Å². The van der Waals surface area contributed by atoms with Gasteiger partial charge in [0.15, 0.2) is 0 Å². The number of hydrogen-bond acceptors (Lipinski definition) is 2. The smallest absolute Gasteiger partial charge is 0.0198 e. The summed E-state index contributed by atoms with van der Waals surface area (Å²) >= 11 is 2.08. The SMILES string of the molecule is CSC1CCCCC1NCC1CCC(C)CC1. The molecule has 0 amide bonds. The molecule has 0 bridgehead atoms. The molecule has 17 heavy (non-hydrogen) atoms. The fourth-order valence-electron chi connectivity index (χ4n) is 3.46. The van der Waals surface area contributed by atoms with Gasteiger partial charge in [-0.1, -0.05) is 32.6 Å². The lowest BCUT2D eigenvalue weighted by molar-refractivity contribution is 0.264. The minimum Gasteiger partial charge on any atom is -0.313 e. The Bertz CT molecular complexity index is 211. The minimum absolute atomic E-state index is 0.804. The number of rotatable bonds is 4. The van der Waals surface area contributed by atoms with Gasteiger partial charge in [0.05, 0.1) is 0 Å². The molecule has 2 saturated carbocycles. The summed E-state index contributed by atoms with van der Waals surface area (Å²) in [6.45, 7) is 3.70. The van der Waals surface area contributed by atoms with Crippen LogP contribution in [0.2, 0.25) is 0 Å². The quantitative estimate of drug-likeness (QED) is 0.812. The van der Waals surface area contributed by atoms with E-state index in [0.717, 1.165) is 23.1 Å². The third-order valence-corrected chi connectivity index (χ3v) is 5.98. The van der Waals surface area contributed by atoms with Crippen LogP contribution < -0.4 is 5.32 Å². The van der Waals surface area contributed by atoms with E-state index < -0.39 is 0 Å². The molecule has 2 atom stereocenters. The van der Waals surface area contributed by atoms with Crippen LogP contribution in [0, 0.1) is 11.8 Å². The van der Waals surface area contributed by atoms with Crippen LogP contribution in [0.15, 0.2) is 0 Å². The van der Waals surface area contributed by atoms with Crippen molar-refractivity contribution in [3.05, 3.63) is 0 Å². The van der Waals surface area contributed by atoms with Gasteiger partial charge in [-0.05, 0) is 50.3 Å². The second kappa shape index (κ2) is 7.04. The molecule has 2 rings (SSSR count). The van der Waals surface area contributed by atoms with Gasteiger partial charge in [-0.15, -0.1) is 0 Å². The van der Waals surface area contributed by atoms with Gasteiger partial charge in [0, 0.05) is 11.3 Å². The molecule has 1 N–H and O–H groups in total. The van der Waals surface area contributed by atoms with E-state index in [9.17, 15) is 0 Å². The van der Waals surface area contributed by atoms with Crippen LogP contribution in [0.25, 0.3) is 0 Å². The van der Waals surface area contributed by atoms with Gasteiger partial charge < -0.3 is 5.32 Å². The van der Waals surface area contributed by atoms with Gasteiger partial charge in [-0.2, -0.15) is 11.8 Å². The molecule has 0 aromatic carbocycles. The van der Waals surface area contributed by atoms with Gasteiger partial charge >= 0.3 is 0 Å². The van der Waals surface area contributed by atoms with E-state index in [1.807, 2.05) is 0 Å². The van der Waals surface area contributed by atoms with Crippen LogP contribution in [0.1, 0.15) is 58.3 Å². The molecule has 2 heteroatoms. The predicted molar refractivity (Wildman–Crippen MR) is 78.7 cm³/mol. The first-order chi connectivity index (χ1) is 8.29. The van der Waals surface area contributed by atoms with Crippen LogP contribution in [0.4, 0.5) is 0 Å². The highest BCUT2D eigenvalue weighted by atomic mass is 32.2. The maximum absolute atomic E-state index is 3.89. The summed E-state index contributed by atoms with van der Waals surface area (Å²) in [5.41, 5.74) is 0. The van der Waals surface area contributed by atoms with Gasteiger partial charge in [0.25, 0.3) is 0 Å². The number of hydrogen-bond donors (Lipinski definition) is 1. The first-order valence-corrected chi connectivity index (χ1v) is 8.84. The first kappa shape index (κ1) is 13.7. The molecular weight excluding hydrogens is 226 g/mol. The van der Waals surface area contributed by atoms with E-state index >= 15 is 0 Å². The highest BCUT2D eigenvalue weighted by molar-refractivity contribution is 7.99. The lowest BCUT2D eigenvalue weighted by Gasteiger charge is -2.34. The molecule has 0 aromatic heterocycles. The minimum atomic E-state index is 0.804. The molecule has 2 aliphatic carbocycles. The average Bonchev–Trinajstić information content (AvgIpc) is 2.38. The van der Waals surface area contributed by atoms with Crippen molar-refractivity contribution in [3.8, 4) is 0 Å². The van der Waals surface area contributed by atoms with Crippen molar-refractivity contribution >= 4 is 11.8 Å². The van der Waals surface area contributed by atoms with Crippen molar-refractivity contribution in [1.29, 1.82) is 0 Å². The van der Waals surface area contributed by atoms with Crippen molar-refractivity contribution in [2.45, 2.75) is 69.6 Å². The third-order valence-electron chi connectivity index (χ3n) is 4.81. The summed E-state index contributed by atoms with van der Waals surface area (Å²) in [5.74, 6) is 1.95. The van der Waals surface area contributed by atoms with Gasteiger partial charge in [0.2, 0.25) is 0 Å². The first-order valence-electron chi connectivity index (χ1n) is 7.55. The molecule has 2 aliphatic rings. The van der Waals surface area contributed by atoms with Gasteiger partial charge in [-0.25, -0.2) is 0 Å². The van der Waals surface area contributed by atoms with Crippen molar-refractivity contribution in [1.82, 2.24) is 5.32 Å². The Kier molecular flexibility index (Phi) is 5.68. The molecule has 0 heterocycles. The Hall–Kier alpha value is 0.310. The highest BCUT2D eigenvalue weighted by Gasteiger charge is 2.25. The van der Waals surface area contributed by atoms with E-state index in [2.05, 4.69) is 30.3 Å². The van der Waals surface area contributed by atoms with E-state index in [0.29, 0.717) is 0 Å². The molecule has 0 spiro atoms. The van der Waals surface area contributed by atoms with Crippen LogP contribution in [-0.4, -0.2) is 24.1 Å². The van der Waals surface area contributed by atoms with Gasteiger partial charge in [-0.3, -0.25) is 0 Å². The molecular formula is C15H29NS. The van der Waals surface area contributed by atoms with E-state index in [4.69, 9.17) is 0 Å². The Labute approximate surface area is 112 Å². The highest BCUT2D eigenvalue weighted by Crippen LogP contribution is 2.30. The largest absolute Gasteiger partial charge is 0.313 e. The van der Waals surface area contributed by atoms with Crippen molar-refractivity contribution in [2.24, 2.45) is 11.8 Å². The molecule has 0 saturated heterocycles. The maximum Gasteiger partial charge on any atom is 0.0198 e. The lowest BCUT2D eigenvalue weighted by atomic mass is 9.82. The molecule has 1 nitrogen and oxygen atoms in total. The summed E-state index contributed by atoms with van der Waals surface area (Å²) < 4.78 is 0. The second-order valence-corrected chi connectivity index (χ2v) is 7.28. The summed E-state index contributed by atoms with van der Waals surface area (Å²) in [7, 11) is 0. The number of thioether (sulfide) groups is 1. The summed E-state index contributed by atoms with van der Waals surface area (Å²) in [6, 6.07) is 0.804. The Balaban J connectivity index is 1.69. The van der Waals surface area contributed by atoms with Crippen molar-refractivity contribution in [3.63, 3.8) is 0 Å². The lowest BCUT2D eigenvalue weighted by Crippen LogP contribution is -2.42. The fraction of sp³-hybridized carbons (Fsp3) is 1.00. The fourth-order valence-corrected chi connectivity index (χ4v) is 4.43. The Morgan fingerprint density at radius 2 is 1.71 bits per heavy atom. The Morgan fingerprint density at radius 3 is 2.41 bits per heavy atom. The van der Waals surface area contributed by atoms with Gasteiger partial charge in [0.1, 0.15) is 0 Å². The zero-order valence-electron chi connectivity index (χ0n) is 11.6. The van der Waals surface area contributed by atoms with Crippen LogP contribution in [-0.2, 0) is 0 Å². The molecule has 2 fully saturated rings. The maximum atomic E-state index is 3.89. The molecule has 0 aliphatic heterocycles. The van der Waals surface area contributed by atoms with E-state index in [1.165, 1.54) is 57.9 Å². The zero-order valence-corrected chi connectivity index (χ0v) is 12.4. The molecule has 100 valence electrons. The van der Waals surface area contributed by atoms with Crippen molar-refractivity contribution in [2.75, 3.05) is 12.8 Å². The third kappa shape index (κ3) is 4.17. The monoisotopic (exact) mass is 255 g/mol. The topological polar surface area (TPSA) is 12.0 Å². The molecule has 0 aromatic rings. The predicted octanol–water partition coefficient (Wildman–Crippen LogP) is 4.08. The van der Waals surface area contributed by atoms with Crippen molar-refractivity contribution < 1.29 is 0 Å². The number of nitrogens with one attached hydrogen (secondary N) is 1. The molecule has 0 radical (unpaired) electrons. The summed E-state index contributed by atoms with van der Waals surface area (Å²) in [4.78, 5) is 0. The normalized spacial score (nSPS) is 39.2. The van der Waals surface area contributed by atoms with Crippen LogP contribution in [0.5, 0.6) is 0 Å². The van der Waals surface area contributed by atoms with Crippen LogP contribution >= 0.6 is 11.8 Å². The molecule has 2 unspecified atom stereocenters. The Morgan fingerprint density at radius 1 is 1.00 bits per heavy atom. The average molecular weight is 255 g/mol. The van der Waals surface area contributed by atoms with Crippen LogP contribution in [0.3, 0.4) is 0 Å². The zero-order chi connectivity index (χ0) is 12.1. The second-order valence-electron chi connectivity index (χ2n) is 6.20.